The van der Waals surface area contributed by atoms with Crippen LogP contribution in [0.1, 0.15) is 57.2 Å². The largest absolute Gasteiger partial charge is 0.381 e. The zero-order valence-corrected chi connectivity index (χ0v) is 14.8. The van der Waals surface area contributed by atoms with Crippen molar-refractivity contribution in [1.29, 1.82) is 0 Å². The third-order valence-electron chi connectivity index (χ3n) is 4.54. The van der Waals surface area contributed by atoms with Crippen LogP contribution in [-0.2, 0) is 18.4 Å². The summed E-state index contributed by atoms with van der Waals surface area (Å²) in [6.45, 7) is 9.26. The molecule has 3 heterocycles. The van der Waals surface area contributed by atoms with E-state index in [1.165, 1.54) is 0 Å². The van der Waals surface area contributed by atoms with Crippen LogP contribution in [0.4, 0.5) is 5.95 Å². The summed E-state index contributed by atoms with van der Waals surface area (Å²) >= 11 is 0. The molecule has 130 valence electrons. The molecular weight excluding hydrogens is 306 g/mol. The molecule has 1 N–H and O–H groups in total. The molecule has 0 radical (unpaired) electrons. The van der Waals surface area contributed by atoms with E-state index in [4.69, 9.17) is 0 Å². The van der Waals surface area contributed by atoms with Gasteiger partial charge in [0.15, 0.2) is 0 Å². The number of aliphatic hydroxyl groups is 1. The van der Waals surface area contributed by atoms with Crippen molar-refractivity contribution in [2.75, 3.05) is 18.0 Å². The molecule has 1 atom stereocenters. The van der Waals surface area contributed by atoms with Crippen LogP contribution >= 0.6 is 0 Å². The third-order valence-corrected chi connectivity index (χ3v) is 4.54. The first-order valence-corrected chi connectivity index (χ1v) is 8.59. The van der Waals surface area contributed by atoms with Crippen LogP contribution in [0.2, 0.25) is 0 Å². The van der Waals surface area contributed by atoms with Crippen LogP contribution in [0.25, 0.3) is 0 Å². The van der Waals surface area contributed by atoms with E-state index in [1.54, 1.807) is 4.68 Å². The second-order valence-corrected chi connectivity index (χ2v) is 6.59. The molecule has 8 nitrogen and oxygen atoms in total. The zero-order valence-electron chi connectivity index (χ0n) is 14.8. The molecule has 0 saturated carbocycles. The fourth-order valence-electron chi connectivity index (χ4n) is 2.98. The van der Waals surface area contributed by atoms with E-state index >= 15 is 0 Å². The van der Waals surface area contributed by atoms with E-state index in [-0.39, 0.29) is 6.04 Å². The van der Waals surface area contributed by atoms with Crippen molar-refractivity contribution in [2.24, 2.45) is 0 Å². The minimum Gasteiger partial charge on any atom is -0.381 e. The molecule has 3 rings (SSSR count). The normalized spacial score (nSPS) is 21.0. The minimum atomic E-state index is -1.02. The molecule has 0 spiro atoms. The molecule has 0 aromatic carbocycles. The smallest absolute Gasteiger partial charge is 0.245 e. The van der Waals surface area contributed by atoms with Crippen LogP contribution in [-0.4, -0.2) is 48.4 Å². The van der Waals surface area contributed by atoms with Crippen molar-refractivity contribution in [2.45, 2.75) is 58.6 Å². The molecule has 0 aliphatic carbocycles. The van der Waals surface area contributed by atoms with Crippen molar-refractivity contribution < 1.29 is 5.11 Å². The van der Waals surface area contributed by atoms with Gasteiger partial charge in [0.2, 0.25) is 5.95 Å². The molecule has 1 unspecified atom stereocenters. The topological polar surface area (TPSA) is 92.8 Å². The van der Waals surface area contributed by atoms with Gasteiger partial charge in [0.1, 0.15) is 11.3 Å². The number of hydrogen-bond acceptors (Lipinski definition) is 7. The lowest BCUT2D eigenvalue weighted by molar-refractivity contribution is 0.0558. The molecule has 2 aromatic heterocycles. The number of rotatable bonds is 5. The third kappa shape index (κ3) is 2.98. The lowest BCUT2D eigenvalue weighted by Gasteiger charge is -2.21. The molecule has 1 aliphatic heterocycles. The molecule has 1 fully saturated rings. The van der Waals surface area contributed by atoms with Gasteiger partial charge in [0.05, 0.1) is 24.1 Å². The molecule has 0 bridgehead atoms. The first-order valence-electron chi connectivity index (χ1n) is 8.59. The van der Waals surface area contributed by atoms with Crippen LogP contribution in [0.3, 0.4) is 0 Å². The Morgan fingerprint density at radius 1 is 1.17 bits per heavy atom. The van der Waals surface area contributed by atoms with Crippen molar-refractivity contribution in [3.63, 3.8) is 0 Å². The van der Waals surface area contributed by atoms with Crippen LogP contribution in [0.15, 0.2) is 6.20 Å². The summed E-state index contributed by atoms with van der Waals surface area (Å²) in [7, 11) is 0. The summed E-state index contributed by atoms with van der Waals surface area (Å²) in [6.07, 6.45) is 4.05. The lowest BCUT2D eigenvalue weighted by Crippen LogP contribution is -2.32. The average Bonchev–Trinajstić information content (AvgIpc) is 3.22. The average molecular weight is 331 g/mol. The standard InChI is InChI=1S/C16H25N7O/c1-5-12-13(6-2)18-20-15(17-12)22-8-7-16(24,10-22)14-9-23(11(3)4)21-19-14/h9,11,24H,5-8,10H2,1-4H3. The van der Waals surface area contributed by atoms with Crippen LogP contribution in [0, 0.1) is 0 Å². The van der Waals surface area contributed by atoms with Gasteiger partial charge in [-0.3, -0.25) is 0 Å². The second-order valence-electron chi connectivity index (χ2n) is 6.59. The molecule has 8 heteroatoms. The van der Waals surface area contributed by atoms with Crippen LogP contribution < -0.4 is 4.90 Å². The van der Waals surface area contributed by atoms with Gasteiger partial charge in [-0.25, -0.2) is 9.67 Å². The summed E-state index contributed by atoms with van der Waals surface area (Å²) in [5, 5.41) is 27.8. The Balaban J connectivity index is 1.81. The van der Waals surface area contributed by atoms with Crippen LogP contribution in [0.5, 0.6) is 0 Å². The predicted octanol–water partition coefficient (Wildman–Crippen LogP) is 1.27. The molecular formula is C16H25N7O. The molecule has 2 aromatic rings. The Hall–Kier alpha value is -2.09. The first kappa shape index (κ1) is 16.8. The van der Waals surface area contributed by atoms with E-state index in [1.807, 2.05) is 24.9 Å². The van der Waals surface area contributed by atoms with Gasteiger partial charge >= 0.3 is 0 Å². The minimum absolute atomic E-state index is 0.216. The van der Waals surface area contributed by atoms with Gasteiger partial charge in [-0.1, -0.05) is 19.1 Å². The monoisotopic (exact) mass is 331 g/mol. The Labute approximate surface area is 141 Å². The van der Waals surface area contributed by atoms with Gasteiger partial charge in [0, 0.05) is 19.0 Å². The SMILES string of the molecule is CCc1nnc(N2CCC(O)(c3cn(C(C)C)nn3)C2)nc1CC. The highest BCUT2D eigenvalue weighted by molar-refractivity contribution is 5.35. The Morgan fingerprint density at radius 2 is 1.92 bits per heavy atom. The van der Waals surface area contributed by atoms with Crippen molar-refractivity contribution in [3.8, 4) is 0 Å². The predicted molar refractivity (Wildman–Crippen MR) is 89.7 cm³/mol. The van der Waals surface area contributed by atoms with Crippen molar-refractivity contribution in [1.82, 2.24) is 30.2 Å². The van der Waals surface area contributed by atoms with E-state index in [0.717, 1.165) is 24.2 Å². The maximum atomic E-state index is 11.0. The Kier molecular flexibility index (Phi) is 4.49. The number of aryl methyl sites for hydroxylation is 2. The Morgan fingerprint density at radius 3 is 2.54 bits per heavy atom. The lowest BCUT2D eigenvalue weighted by atomic mass is 10.00. The van der Waals surface area contributed by atoms with Gasteiger partial charge in [-0.05, 0) is 26.7 Å². The molecule has 1 saturated heterocycles. The second kappa shape index (κ2) is 6.43. The van der Waals surface area contributed by atoms with Gasteiger partial charge in [0.25, 0.3) is 0 Å². The van der Waals surface area contributed by atoms with E-state index in [2.05, 4.69) is 39.3 Å². The van der Waals surface area contributed by atoms with Gasteiger partial charge in [-0.15, -0.1) is 10.2 Å². The summed E-state index contributed by atoms with van der Waals surface area (Å²) in [5.74, 6) is 0.580. The molecule has 0 amide bonds. The highest BCUT2D eigenvalue weighted by atomic mass is 16.3. The summed E-state index contributed by atoms with van der Waals surface area (Å²) < 4.78 is 1.76. The van der Waals surface area contributed by atoms with E-state index in [9.17, 15) is 5.11 Å². The van der Waals surface area contributed by atoms with E-state index < -0.39 is 5.60 Å². The Bertz CT molecular complexity index is 714. The van der Waals surface area contributed by atoms with Gasteiger partial charge < -0.3 is 10.0 Å². The maximum absolute atomic E-state index is 11.0. The van der Waals surface area contributed by atoms with Crippen molar-refractivity contribution in [3.05, 3.63) is 23.3 Å². The highest BCUT2D eigenvalue weighted by Crippen LogP contribution is 2.32. The molecule has 1 aliphatic rings. The number of aromatic nitrogens is 6. The number of nitrogens with zero attached hydrogens (tertiary/aromatic N) is 7. The zero-order chi connectivity index (χ0) is 17.3. The van der Waals surface area contributed by atoms with E-state index in [0.29, 0.717) is 31.2 Å². The highest BCUT2D eigenvalue weighted by Gasteiger charge is 2.41. The maximum Gasteiger partial charge on any atom is 0.245 e. The first-order chi connectivity index (χ1) is 11.5. The van der Waals surface area contributed by atoms with Gasteiger partial charge in [-0.2, -0.15) is 5.10 Å². The summed E-state index contributed by atoms with van der Waals surface area (Å²) in [6, 6.07) is 0.216. The fourth-order valence-corrected chi connectivity index (χ4v) is 2.98. The van der Waals surface area contributed by atoms with Crippen molar-refractivity contribution >= 4 is 5.95 Å². The summed E-state index contributed by atoms with van der Waals surface area (Å²) in [5.41, 5.74) is 1.50. The quantitative estimate of drug-likeness (QED) is 0.881. The molecule has 24 heavy (non-hydrogen) atoms. The summed E-state index contributed by atoms with van der Waals surface area (Å²) in [4.78, 5) is 6.61. The fraction of sp³-hybridized carbons (Fsp3) is 0.688. The number of anilines is 1. The number of hydrogen-bond donors (Lipinski definition) is 1. The number of β-amino-alcohol motifs (C(OH)–C–C–N with tert-alkyl or cyclic N) is 1.